The highest BCUT2D eigenvalue weighted by atomic mass is 32.1. The fourth-order valence-electron chi connectivity index (χ4n) is 3.69. The molecule has 0 spiro atoms. The lowest BCUT2D eigenvalue weighted by atomic mass is 9.81. The monoisotopic (exact) mass is 444 g/mol. The van der Waals surface area contributed by atoms with E-state index in [1.807, 2.05) is 48.5 Å². The predicted molar refractivity (Wildman–Crippen MR) is 127 cm³/mol. The molecule has 6 nitrogen and oxygen atoms in total. The van der Waals surface area contributed by atoms with Gasteiger partial charge in [-0.2, -0.15) is 0 Å². The van der Waals surface area contributed by atoms with Gasteiger partial charge in [0.2, 0.25) is 0 Å². The summed E-state index contributed by atoms with van der Waals surface area (Å²) < 4.78 is 0. The molecule has 0 radical (unpaired) electrons. The van der Waals surface area contributed by atoms with Crippen LogP contribution in [0.5, 0.6) is 0 Å². The van der Waals surface area contributed by atoms with Gasteiger partial charge >= 0.3 is 12.1 Å². The van der Waals surface area contributed by atoms with Crippen LogP contribution >= 0.6 is 25.3 Å². The number of urea groups is 2. The molecule has 2 aromatic rings. The maximum Gasteiger partial charge on any atom is 0.319 e. The average Bonchev–Trinajstić information content (AvgIpc) is 2.74. The summed E-state index contributed by atoms with van der Waals surface area (Å²) in [5, 5.41) is 11.6. The van der Waals surface area contributed by atoms with Crippen LogP contribution in [0.25, 0.3) is 0 Å². The third kappa shape index (κ3) is 7.50. The second-order valence-corrected chi connectivity index (χ2v) is 8.70. The lowest BCUT2D eigenvalue weighted by molar-refractivity contribution is 0.230. The molecule has 1 saturated carbocycles. The molecule has 1 aliphatic rings. The van der Waals surface area contributed by atoms with E-state index in [1.54, 1.807) is 0 Å². The Balaban J connectivity index is 1.36. The van der Waals surface area contributed by atoms with Crippen molar-refractivity contribution >= 4 is 48.7 Å². The van der Waals surface area contributed by atoms with Gasteiger partial charge in [-0.25, -0.2) is 9.59 Å². The number of benzene rings is 2. The van der Waals surface area contributed by atoms with Crippen LogP contribution in [0, 0.1) is 11.8 Å². The van der Waals surface area contributed by atoms with Gasteiger partial charge in [0.15, 0.2) is 0 Å². The minimum atomic E-state index is -0.200. The van der Waals surface area contributed by atoms with Crippen molar-refractivity contribution in [3.05, 3.63) is 48.5 Å². The maximum absolute atomic E-state index is 12.1. The number of hydrogen-bond donors (Lipinski definition) is 6. The molecule has 4 amide bonds. The van der Waals surface area contributed by atoms with Gasteiger partial charge < -0.3 is 21.3 Å². The van der Waals surface area contributed by atoms with Crippen LogP contribution < -0.4 is 21.3 Å². The van der Waals surface area contributed by atoms with Gasteiger partial charge in [0.25, 0.3) is 0 Å². The summed E-state index contributed by atoms with van der Waals surface area (Å²) >= 11 is 8.48. The number of carbonyl (C=O) groups is 2. The SMILES string of the molecule is O=C(NC[C@H]1CCC[C@@H](CNC(=O)Nc2ccc(S)cc2)C1)Nc1ccc(S)cc1. The summed E-state index contributed by atoms with van der Waals surface area (Å²) in [6.45, 7) is 1.27. The third-order valence-electron chi connectivity index (χ3n) is 5.24. The molecule has 0 unspecified atom stereocenters. The third-order valence-corrected chi connectivity index (χ3v) is 5.84. The van der Waals surface area contributed by atoms with Crippen LogP contribution in [0.3, 0.4) is 0 Å². The van der Waals surface area contributed by atoms with Crippen molar-refractivity contribution in [2.45, 2.75) is 35.5 Å². The molecule has 0 aromatic heterocycles. The summed E-state index contributed by atoms with van der Waals surface area (Å²) in [5.74, 6) is 0.837. The molecule has 0 heterocycles. The molecule has 0 aliphatic heterocycles. The van der Waals surface area contributed by atoms with Crippen molar-refractivity contribution < 1.29 is 9.59 Å². The lowest BCUT2D eigenvalue weighted by Gasteiger charge is -2.29. The fraction of sp³-hybridized carbons (Fsp3) is 0.364. The molecule has 1 fully saturated rings. The van der Waals surface area contributed by atoms with E-state index in [0.29, 0.717) is 24.9 Å². The first-order valence-corrected chi connectivity index (χ1v) is 11.0. The molecular formula is C22H28N4O2S2. The molecule has 160 valence electrons. The van der Waals surface area contributed by atoms with E-state index < -0.39 is 0 Å². The standard InChI is InChI=1S/C22H28N4O2S2/c27-21(25-17-4-8-19(29)9-5-17)23-13-15-2-1-3-16(12-15)14-24-22(28)26-18-6-10-20(30)11-7-18/h4-11,15-16,29-30H,1-3,12-14H2,(H2,23,25,27)(H2,24,26,28)/t15-,16+. The first-order chi connectivity index (χ1) is 14.5. The van der Waals surface area contributed by atoms with Crippen molar-refractivity contribution in [2.75, 3.05) is 23.7 Å². The van der Waals surface area contributed by atoms with Crippen molar-refractivity contribution in [2.24, 2.45) is 11.8 Å². The molecule has 0 bridgehead atoms. The van der Waals surface area contributed by atoms with E-state index in [1.165, 1.54) is 0 Å². The molecular weight excluding hydrogens is 416 g/mol. The van der Waals surface area contributed by atoms with E-state index in [4.69, 9.17) is 0 Å². The second-order valence-electron chi connectivity index (χ2n) is 7.66. The van der Waals surface area contributed by atoms with Gasteiger partial charge in [0.05, 0.1) is 0 Å². The van der Waals surface area contributed by atoms with E-state index in [-0.39, 0.29) is 12.1 Å². The van der Waals surface area contributed by atoms with Crippen molar-refractivity contribution in [1.82, 2.24) is 10.6 Å². The van der Waals surface area contributed by atoms with Crippen LogP contribution in [-0.2, 0) is 0 Å². The number of amides is 4. The summed E-state index contributed by atoms with van der Waals surface area (Å²) in [4.78, 5) is 25.9. The molecule has 2 aromatic carbocycles. The molecule has 4 N–H and O–H groups in total. The summed E-state index contributed by atoms with van der Waals surface area (Å²) in [5.41, 5.74) is 1.48. The largest absolute Gasteiger partial charge is 0.338 e. The van der Waals surface area contributed by atoms with Crippen molar-refractivity contribution in [1.29, 1.82) is 0 Å². The normalized spacial score (nSPS) is 18.3. The number of nitrogens with one attached hydrogen (secondary N) is 4. The maximum atomic E-state index is 12.1. The Morgan fingerprint density at radius 3 is 1.53 bits per heavy atom. The number of thiol groups is 2. The Morgan fingerprint density at radius 2 is 1.13 bits per heavy atom. The Morgan fingerprint density at radius 1 is 0.733 bits per heavy atom. The molecule has 0 saturated heterocycles. The number of hydrogen-bond acceptors (Lipinski definition) is 4. The highest BCUT2D eigenvalue weighted by Crippen LogP contribution is 2.28. The summed E-state index contributed by atoms with van der Waals surface area (Å²) in [6, 6.07) is 14.2. The highest BCUT2D eigenvalue weighted by molar-refractivity contribution is 7.80. The highest BCUT2D eigenvalue weighted by Gasteiger charge is 2.22. The van der Waals surface area contributed by atoms with Crippen LogP contribution in [0.1, 0.15) is 25.7 Å². The van der Waals surface area contributed by atoms with E-state index in [0.717, 1.165) is 46.8 Å². The van der Waals surface area contributed by atoms with Gasteiger partial charge in [-0.15, -0.1) is 25.3 Å². The van der Waals surface area contributed by atoms with Gasteiger partial charge in [0, 0.05) is 34.3 Å². The van der Waals surface area contributed by atoms with Crippen LogP contribution in [-0.4, -0.2) is 25.2 Å². The number of anilines is 2. The van der Waals surface area contributed by atoms with Crippen molar-refractivity contribution in [3.8, 4) is 0 Å². The van der Waals surface area contributed by atoms with Crippen LogP contribution in [0.4, 0.5) is 21.0 Å². The topological polar surface area (TPSA) is 82.3 Å². The number of carbonyl (C=O) groups excluding carboxylic acids is 2. The Labute approximate surface area is 188 Å². The Hall–Kier alpha value is -2.32. The molecule has 30 heavy (non-hydrogen) atoms. The average molecular weight is 445 g/mol. The van der Waals surface area contributed by atoms with E-state index >= 15 is 0 Å². The van der Waals surface area contributed by atoms with Crippen LogP contribution in [0.15, 0.2) is 58.3 Å². The van der Waals surface area contributed by atoms with E-state index in [9.17, 15) is 9.59 Å². The van der Waals surface area contributed by atoms with Gasteiger partial charge in [-0.3, -0.25) is 0 Å². The lowest BCUT2D eigenvalue weighted by Crippen LogP contribution is -2.38. The molecule has 3 rings (SSSR count). The summed E-state index contributed by atoms with van der Waals surface area (Å²) in [6.07, 6.45) is 4.28. The van der Waals surface area contributed by atoms with Gasteiger partial charge in [-0.05, 0) is 79.6 Å². The molecule has 8 heteroatoms. The van der Waals surface area contributed by atoms with Gasteiger partial charge in [0.1, 0.15) is 0 Å². The first-order valence-electron chi connectivity index (χ1n) is 10.2. The zero-order chi connectivity index (χ0) is 21.3. The van der Waals surface area contributed by atoms with E-state index in [2.05, 4.69) is 46.5 Å². The molecule has 2 atom stereocenters. The summed E-state index contributed by atoms with van der Waals surface area (Å²) in [7, 11) is 0. The second kappa shape index (κ2) is 11.2. The Kier molecular flexibility index (Phi) is 8.33. The first kappa shape index (κ1) is 22.4. The van der Waals surface area contributed by atoms with Crippen molar-refractivity contribution in [3.63, 3.8) is 0 Å². The smallest absolute Gasteiger partial charge is 0.319 e. The fourth-order valence-corrected chi connectivity index (χ4v) is 3.99. The minimum absolute atomic E-state index is 0.200. The Bertz CT molecular complexity index is 774. The zero-order valence-electron chi connectivity index (χ0n) is 16.7. The predicted octanol–water partition coefficient (Wildman–Crippen LogP) is 5.01. The molecule has 1 aliphatic carbocycles. The number of rotatable bonds is 6. The van der Waals surface area contributed by atoms with Gasteiger partial charge in [-0.1, -0.05) is 6.42 Å². The van der Waals surface area contributed by atoms with Crippen LogP contribution in [0.2, 0.25) is 0 Å². The quantitative estimate of drug-likeness (QED) is 0.354. The zero-order valence-corrected chi connectivity index (χ0v) is 18.5. The minimum Gasteiger partial charge on any atom is -0.338 e.